The summed E-state index contributed by atoms with van der Waals surface area (Å²) >= 11 is 0. The third-order valence-electron chi connectivity index (χ3n) is 7.66. The standard InChI is InChI=1S/C24H34N4O3/c29-21(14-16-6-2-1-3-7-16)28-12-5-4-8-20(28)22-25-19-15-27(24(31)17-9-10-17)13-11-18(19)23(30)26-22/h16-17,20H,1-15H2,(H,25,26,30)/t20-/m0/s1. The first-order valence-electron chi connectivity index (χ1n) is 12.3. The van der Waals surface area contributed by atoms with Crippen molar-refractivity contribution in [2.24, 2.45) is 11.8 Å². The molecule has 2 saturated carbocycles. The number of H-pyrrole nitrogens is 1. The van der Waals surface area contributed by atoms with Gasteiger partial charge in [0.2, 0.25) is 11.8 Å². The maximum Gasteiger partial charge on any atom is 0.254 e. The average Bonchev–Trinajstić information content (AvgIpc) is 3.64. The molecule has 3 heterocycles. The van der Waals surface area contributed by atoms with Gasteiger partial charge in [0, 0.05) is 31.0 Å². The molecule has 5 rings (SSSR count). The highest BCUT2D eigenvalue weighted by Gasteiger charge is 2.36. The Bertz CT molecular complexity index is 901. The molecule has 0 spiro atoms. The second kappa shape index (κ2) is 8.75. The van der Waals surface area contributed by atoms with E-state index in [9.17, 15) is 14.4 Å². The molecule has 2 aliphatic carbocycles. The van der Waals surface area contributed by atoms with Crippen molar-refractivity contribution in [1.29, 1.82) is 0 Å². The van der Waals surface area contributed by atoms with Gasteiger partial charge in [-0.25, -0.2) is 4.98 Å². The summed E-state index contributed by atoms with van der Waals surface area (Å²) in [6.07, 6.45) is 12.1. The van der Waals surface area contributed by atoms with E-state index in [1.54, 1.807) is 0 Å². The fraction of sp³-hybridized carbons (Fsp3) is 0.750. The molecule has 1 aromatic rings. The van der Waals surface area contributed by atoms with Crippen LogP contribution in [0.3, 0.4) is 0 Å². The van der Waals surface area contributed by atoms with Crippen molar-refractivity contribution < 1.29 is 9.59 Å². The van der Waals surface area contributed by atoms with Crippen molar-refractivity contribution in [2.45, 2.75) is 89.6 Å². The smallest absolute Gasteiger partial charge is 0.254 e. The Morgan fingerprint density at radius 1 is 0.968 bits per heavy atom. The molecule has 3 fully saturated rings. The van der Waals surface area contributed by atoms with Crippen molar-refractivity contribution in [3.05, 3.63) is 27.4 Å². The quantitative estimate of drug-likeness (QED) is 0.802. The Labute approximate surface area is 183 Å². The van der Waals surface area contributed by atoms with Crippen LogP contribution < -0.4 is 5.56 Å². The Balaban J connectivity index is 1.35. The molecule has 0 aromatic carbocycles. The number of aromatic nitrogens is 2. The summed E-state index contributed by atoms with van der Waals surface area (Å²) in [6.45, 7) is 1.76. The summed E-state index contributed by atoms with van der Waals surface area (Å²) in [5.41, 5.74) is 1.34. The van der Waals surface area contributed by atoms with Gasteiger partial charge in [0.1, 0.15) is 5.82 Å². The molecule has 7 nitrogen and oxygen atoms in total. The zero-order valence-electron chi connectivity index (χ0n) is 18.4. The maximum atomic E-state index is 13.2. The largest absolute Gasteiger partial charge is 0.336 e. The molecule has 168 valence electrons. The molecule has 0 radical (unpaired) electrons. The molecular formula is C24H34N4O3. The average molecular weight is 427 g/mol. The van der Waals surface area contributed by atoms with E-state index < -0.39 is 0 Å². The molecule has 0 unspecified atom stereocenters. The summed E-state index contributed by atoms with van der Waals surface area (Å²) < 4.78 is 0. The minimum absolute atomic E-state index is 0.0937. The fourth-order valence-corrected chi connectivity index (χ4v) is 5.66. The maximum absolute atomic E-state index is 13.2. The van der Waals surface area contributed by atoms with Crippen LogP contribution in [-0.4, -0.2) is 44.7 Å². The highest BCUT2D eigenvalue weighted by atomic mass is 16.2. The van der Waals surface area contributed by atoms with Crippen LogP contribution in [0.25, 0.3) is 0 Å². The second-order valence-electron chi connectivity index (χ2n) is 9.97. The Hall–Kier alpha value is -2.18. The van der Waals surface area contributed by atoms with Gasteiger partial charge in [-0.3, -0.25) is 14.4 Å². The summed E-state index contributed by atoms with van der Waals surface area (Å²) in [5.74, 6) is 1.70. The van der Waals surface area contributed by atoms with E-state index >= 15 is 0 Å². The van der Waals surface area contributed by atoms with Crippen LogP contribution >= 0.6 is 0 Å². The molecular weight excluding hydrogens is 392 g/mol. The number of nitrogens with zero attached hydrogens (tertiary/aromatic N) is 3. The van der Waals surface area contributed by atoms with E-state index in [4.69, 9.17) is 4.98 Å². The lowest BCUT2D eigenvalue weighted by Gasteiger charge is -2.37. The van der Waals surface area contributed by atoms with Crippen molar-refractivity contribution in [3.63, 3.8) is 0 Å². The van der Waals surface area contributed by atoms with Crippen LogP contribution in [0.1, 0.15) is 93.8 Å². The van der Waals surface area contributed by atoms with E-state index in [-0.39, 0.29) is 29.3 Å². The van der Waals surface area contributed by atoms with E-state index in [1.807, 2.05) is 9.80 Å². The number of piperidine rings is 1. The van der Waals surface area contributed by atoms with Crippen LogP contribution in [0.5, 0.6) is 0 Å². The predicted molar refractivity (Wildman–Crippen MR) is 116 cm³/mol. The second-order valence-corrected chi connectivity index (χ2v) is 9.97. The van der Waals surface area contributed by atoms with Crippen LogP contribution in [0.4, 0.5) is 0 Å². The van der Waals surface area contributed by atoms with Crippen LogP contribution in [0.2, 0.25) is 0 Å². The minimum Gasteiger partial charge on any atom is -0.336 e. The number of carbonyl (C=O) groups is 2. The minimum atomic E-state index is -0.155. The molecule has 1 atom stereocenters. The van der Waals surface area contributed by atoms with Crippen LogP contribution in [0.15, 0.2) is 4.79 Å². The van der Waals surface area contributed by atoms with Crippen molar-refractivity contribution in [2.75, 3.05) is 13.1 Å². The first-order chi connectivity index (χ1) is 15.1. The fourth-order valence-electron chi connectivity index (χ4n) is 5.66. The summed E-state index contributed by atoms with van der Waals surface area (Å²) in [4.78, 5) is 50.3. The van der Waals surface area contributed by atoms with Gasteiger partial charge in [-0.15, -0.1) is 0 Å². The molecule has 1 aromatic heterocycles. The number of rotatable bonds is 4. The lowest BCUT2D eigenvalue weighted by Crippen LogP contribution is -2.43. The number of aromatic amines is 1. The number of hydrogen-bond acceptors (Lipinski definition) is 4. The van der Waals surface area contributed by atoms with Crippen LogP contribution in [0, 0.1) is 11.8 Å². The van der Waals surface area contributed by atoms with Gasteiger partial charge in [0.15, 0.2) is 0 Å². The Morgan fingerprint density at radius 2 is 1.74 bits per heavy atom. The number of hydrogen-bond donors (Lipinski definition) is 1. The van der Waals surface area contributed by atoms with E-state index in [2.05, 4.69) is 4.98 Å². The highest BCUT2D eigenvalue weighted by molar-refractivity contribution is 5.81. The Morgan fingerprint density at radius 3 is 2.52 bits per heavy atom. The molecule has 1 N–H and O–H groups in total. The molecule has 7 heteroatoms. The van der Waals surface area contributed by atoms with Crippen molar-refractivity contribution in [1.82, 2.24) is 19.8 Å². The van der Waals surface area contributed by atoms with E-state index in [0.717, 1.165) is 57.2 Å². The van der Waals surface area contributed by atoms with E-state index in [0.29, 0.717) is 43.2 Å². The topological polar surface area (TPSA) is 86.4 Å². The number of likely N-dealkylation sites (tertiary alicyclic amines) is 1. The predicted octanol–water partition coefficient (Wildman–Crippen LogP) is 3.09. The number of carbonyl (C=O) groups excluding carboxylic acids is 2. The third-order valence-corrected chi connectivity index (χ3v) is 7.66. The van der Waals surface area contributed by atoms with Gasteiger partial charge in [-0.05, 0) is 57.3 Å². The lowest BCUT2D eigenvalue weighted by atomic mass is 9.86. The monoisotopic (exact) mass is 426 g/mol. The SMILES string of the molecule is O=C(C1CC1)N1CCc2c(nc([C@@H]3CCCCN3C(=O)CC3CCCCC3)[nH]c2=O)C1. The molecule has 4 aliphatic rings. The van der Waals surface area contributed by atoms with Gasteiger partial charge >= 0.3 is 0 Å². The van der Waals surface area contributed by atoms with Gasteiger partial charge < -0.3 is 14.8 Å². The molecule has 2 aliphatic heterocycles. The number of nitrogens with one attached hydrogen (secondary N) is 1. The Kier molecular flexibility index (Phi) is 5.85. The normalized spacial score (nSPS) is 24.7. The first kappa shape index (κ1) is 20.7. The molecule has 31 heavy (non-hydrogen) atoms. The molecule has 1 saturated heterocycles. The van der Waals surface area contributed by atoms with Crippen LogP contribution in [-0.2, 0) is 22.6 Å². The van der Waals surface area contributed by atoms with E-state index in [1.165, 1.54) is 19.3 Å². The van der Waals surface area contributed by atoms with Crippen molar-refractivity contribution in [3.8, 4) is 0 Å². The third kappa shape index (κ3) is 4.41. The highest BCUT2D eigenvalue weighted by Crippen LogP contribution is 2.34. The lowest BCUT2D eigenvalue weighted by molar-refractivity contribution is -0.136. The van der Waals surface area contributed by atoms with Gasteiger partial charge in [0.25, 0.3) is 5.56 Å². The van der Waals surface area contributed by atoms with Crippen molar-refractivity contribution >= 4 is 11.8 Å². The number of fused-ring (bicyclic) bond motifs is 1. The summed E-state index contributed by atoms with van der Waals surface area (Å²) in [6, 6.07) is -0.155. The molecule has 2 amide bonds. The van der Waals surface area contributed by atoms with Gasteiger partial charge in [-0.2, -0.15) is 0 Å². The van der Waals surface area contributed by atoms with Gasteiger partial charge in [-0.1, -0.05) is 19.3 Å². The zero-order valence-corrected chi connectivity index (χ0v) is 18.4. The van der Waals surface area contributed by atoms with Gasteiger partial charge in [0.05, 0.1) is 18.3 Å². The summed E-state index contributed by atoms with van der Waals surface area (Å²) in [7, 11) is 0. The zero-order chi connectivity index (χ0) is 21.4. The first-order valence-corrected chi connectivity index (χ1v) is 12.3. The molecule has 0 bridgehead atoms. The number of amides is 2. The summed E-state index contributed by atoms with van der Waals surface area (Å²) in [5, 5.41) is 0.